The molecule has 7 heteroatoms. The Balaban J connectivity index is 1.63. The van der Waals surface area contributed by atoms with Crippen molar-refractivity contribution in [3.8, 4) is 0 Å². The van der Waals surface area contributed by atoms with Crippen molar-refractivity contribution < 1.29 is 14.0 Å². The van der Waals surface area contributed by atoms with Crippen molar-refractivity contribution in [1.29, 1.82) is 0 Å². The van der Waals surface area contributed by atoms with Gasteiger partial charge in [0.1, 0.15) is 0 Å². The first-order chi connectivity index (χ1) is 11.6. The van der Waals surface area contributed by atoms with Gasteiger partial charge in [0.25, 0.3) is 5.91 Å². The van der Waals surface area contributed by atoms with Gasteiger partial charge >= 0.3 is 0 Å². The van der Waals surface area contributed by atoms with Crippen molar-refractivity contribution in [2.45, 2.75) is 12.8 Å². The quantitative estimate of drug-likeness (QED) is 0.793. The van der Waals surface area contributed by atoms with Crippen LogP contribution in [0.1, 0.15) is 23.4 Å². The number of piperidine rings is 1. The Morgan fingerprint density at radius 2 is 1.96 bits per heavy atom. The van der Waals surface area contributed by atoms with Gasteiger partial charge in [-0.25, -0.2) is 0 Å². The molecule has 3 N–H and O–H groups in total. The lowest BCUT2D eigenvalue weighted by Gasteiger charge is -2.21. The second-order valence-electron chi connectivity index (χ2n) is 5.64. The molecule has 1 fully saturated rings. The van der Waals surface area contributed by atoms with Gasteiger partial charge in [-0.15, -0.1) is 0 Å². The Hall–Kier alpha value is -2.31. The summed E-state index contributed by atoms with van der Waals surface area (Å²) in [4.78, 5) is 24.2. The molecular weight excluding hydrogens is 330 g/mol. The Labute approximate surface area is 144 Å². The topological polar surface area (TPSA) is 83.4 Å². The minimum atomic E-state index is -0.381. The molecule has 1 aliphatic rings. The predicted octanol–water partition coefficient (Wildman–Crippen LogP) is 3.12. The number of hydrogen-bond donors (Lipinski definition) is 3. The predicted molar refractivity (Wildman–Crippen MR) is 92.3 cm³/mol. The van der Waals surface area contributed by atoms with Crippen molar-refractivity contribution in [3.05, 3.63) is 47.4 Å². The average molecular weight is 348 g/mol. The number of benzene rings is 1. The lowest BCUT2D eigenvalue weighted by atomic mass is 9.97. The van der Waals surface area contributed by atoms with E-state index in [0.29, 0.717) is 16.4 Å². The molecule has 3 rings (SSSR count). The summed E-state index contributed by atoms with van der Waals surface area (Å²) in [7, 11) is 0. The summed E-state index contributed by atoms with van der Waals surface area (Å²) in [6, 6.07) is 8.19. The normalized spacial score (nSPS) is 15.0. The van der Waals surface area contributed by atoms with Gasteiger partial charge in [0.2, 0.25) is 5.91 Å². The number of rotatable bonds is 4. The minimum Gasteiger partial charge on any atom is -0.459 e. The molecule has 1 aromatic heterocycles. The molecule has 0 saturated carbocycles. The van der Waals surface area contributed by atoms with E-state index in [4.69, 9.17) is 16.0 Å². The van der Waals surface area contributed by atoms with Crippen LogP contribution in [-0.4, -0.2) is 24.9 Å². The summed E-state index contributed by atoms with van der Waals surface area (Å²) >= 11 is 6.20. The largest absolute Gasteiger partial charge is 0.459 e. The van der Waals surface area contributed by atoms with Crippen LogP contribution in [0, 0.1) is 5.92 Å². The summed E-state index contributed by atoms with van der Waals surface area (Å²) in [5, 5.41) is 9.13. The summed E-state index contributed by atoms with van der Waals surface area (Å²) < 4.78 is 5.03. The summed E-state index contributed by atoms with van der Waals surface area (Å²) in [5.74, 6) is -0.161. The van der Waals surface area contributed by atoms with Gasteiger partial charge < -0.3 is 20.4 Å². The summed E-state index contributed by atoms with van der Waals surface area (Å²) in [6.07, 6.45) is 3.09. The van der Waals surface area contributed by atoms with Gasteiger partial charge in [-0.05, 0) is 56.3 Å². The summed E-state index contributed by atoms with van der Waals surface area (Å²) in [6.45, 7) is 1.72. The number of carbonyl (C=O) groups is 2. The Bertz CT molecular complexity index is 725. The maximum absolute atomic E-state index is 12.2. The zero-order chi connectivity index (χ0) is 16.9. The SMILES string of the molecule is O=C(Nc1ccc(NC(=O)C2CCNCC2)cc1Cl)c1ccco1. The van der Waals surface area contributed by atoms with Crippen LogP contribution in [0.25, 0.3) is 0 Å². The van der Waals surface area contributed by atoms with E-state index in [2.05, 4.69) is 16.0 Å². The van der Waals surface area contributed by atoms with Gasteiger partial charge in [-0.1, -0.05) is 11.6 Å². The molecule has 6 nitrogen and oxygen atoms in total. The molecule has 2 heterocycles. The molecule has 0 bridgehead atoms. The molecule has 1 saturated heterocycles. The molecule has 24 heavy (non-hydrogen) atoms. The van der Waals surface area contributed by atoms with Crippen molar-refractivity contribution >= 4 is 34.8 Å². The summed E-state index contributed by atoms with van der Waals surface area (Å²) in [5.41, 5.74) is 1.07. The van der Waals surface area contributed by atoms with Gasteiger partial charge in [0, 0.05) is 11.6 Å². The van der Waals surface area contributed by atoms with Gasteiger partial charge in [0.15, 0.2) is 5.76 Å². The van der Waals surface area contributed by atoms with E-state index < -0.39 is 0 Å². The van der Waals surface area contributed by atoms with E-state index in [-0.39, 0.29) is 23.5 Å². The molecule has 126 valence electrons. The number of nitrogens with one attached hydrogen (secondary N) is 3. The second kappa shape index (κ2) is 7.51. The molecule has 1 aromatic carbocycles. The molecule has 2 aromatic rings. The third-order valence-corrected chi connectivity index (χ3v) is 4.25. The van der Waals surface area contributed by atoms with E-state index in [0.717, 1.165) is 25.9 Å². The number of halogens is 1. The third kappa shape index (κ3) is 3.96. The molecule has 2 amide bonds. The third-order valence-electron chi connectivity index (χ3n) is 3.94. The van der Waals surface area contributed by atoms with E-state index >= 15 is 0 Å². The van der Waals surface area contributed by atoms with Gasteiger partial charge in [-0.3, -0.25) is 9.59 Å². The van der Waals surface area contributed by atoms with Crippen LogP contribution in [-0.2, 0) is 4.79 Å². The van der Waals surface area contributed by atoms with Crippen LogP contribution in [0.2, 0.25) is 5.02 Å². The molecule has 0 atom stereocenters. The Morgan fingerprint density at radius 3 is 2.62 bits per heavy atom. The molecule has 1 aliphatic heterocycles. The molecule has 0 unspecified atom stereocenters. The highest BCUT2D eigenvalue weighted by atomic mass is 35.5. The first-order valence-electron chi connectivity index (χ1n) is 7.79. The molecule has 0 aliphatic carbocycles. The fraction of sp³-hybridized carbons (Fsp3) is 0.294. The number of furan rings is 1. The number of hydrogen-bond acceptors (Lipinski definition) is 4. The zero-order valence-corrected chi connectivity index (χ0v) is 13.7. The fourth-order valence-electron chi connectivity index (χ4n) is 2.61. The Morgan fingerprint density at radius 1 is 1.17 bits per heavy atom. The monoisotopic (exact) mass is 347 g/mol. The smallest absolute Gasteiger partial charge is 0.291 e. The lowest BCUT2D eigenvalue weighted by Crippen LogP contribution is -2.34. The second-order valence-corrected chi connectivity index (χ2v) is 6.05. The number of carbonyl (C=O) groups excluding carboxylic acids is 2. The maximum Gasteiger partial charge on any atom is 0.291 e. The van der Waals surface area contributed by atoms with Crippen LogP contribution < -0.4 is 16.0 Å². The minimum absolute atomic E-state index is 0.0000576. The zero-order valence-electron chi connectivity index (χ0n) is 13.0. The van der Waals surface area contributed by atoms with Crippen LogP contribution in [0.5, 0.6) is 0 Å². The first-order valence-corrected chi connectivity index (χ1v) is 8.17. The number of anilines is 2. The first kappa shape index (κ1) is 16.5. The van der Waals surface area contributed by atoms with Gasteiger partial charge in [-0.2, -0.15) is 0 Å². The molecular formula is C17H18ClN3O3. The highest BCUT2D eigenvalue weighted by Crippen LogP contribution is 2.27. The van der Waals surface area contributed by atoms with Gasteiger partial charge in [0.05, 0.1) is 17.0 Å². The van der Waals surface area contributed by atoms with Crippen LogP contribution >= 0.6 is 11.6 Å². The van der Waals surface area contributed by atoms with Crippen LogP contribution in [0.4, 0.5) is 11.4 Å². The highest BCUT2D eigenvalue weighted by Gasteiger charge is 2.21. The van der Waals surface area contributed by atoms with E-state index in [1.165, 1.54) is 6.26 Å². The maximum atomic E-state index is 12.2. The fourth-order valence-corrected chi connectivity index (χ4v) is 2.84. The highest BCUT2D eigenvalue weighted by molar-refractivity contribution is 6.34. The Kier molecular flexibility index (Phi) is 5.17. The molecule has 0 spiro atoms. The van der Waals surface area contributed by atoms with Crippen LogP contribution in [0.3, 0.4) is 0 Å². The lowest BCUT2D eigenvalue weighted by molar-refractivity contribution is -0.120. The van der Waals surface area contributed by atoms with Crippen molar-refractivity contribution in [3.63, 3.8) is 0 Å². The van der Waals surface area contributed by atoms with Crippen molar-refractivity contribution in [2.24, 2.45) is 5.92 Å². The van der Waals surface area contributed by atoms with Crippen molar-refractivity contribution in [2.75, 3.05) is 23.7 Å². The number of amides is 2. The molecule has 0 radical (unpaired) electrons. The van der Waals surface area contributed by atoms with Crippen molar-refractivity contribution in [1.82, 2.24) is 5.32 Å². The standard InChI is InChI=1S/C17H18ClN3O3/c18-13-10-12(20-16(22)11-5-7-19-8-6-11)3-4-14(13)21-17(23)15-2-1-9-24-15/h1-4,9-11,19H,5-8H2,(H,20,22)(H,21,23). The van der Waals surface area contributed by atoms with E-state index in [1.54, 1.807) is 30.3 Å². The van der Waals surface area contributed by atoms with Crippen LogP contribution in [0.15, 0.2) is 41.0 Å². The van der Waals surface area contributed by atoms with E-state index in [1.807, 2.05) is 0 Å². The average Bonchev–Trinajstić information content (AvgIpc) is 3.13. The van der Waals surface area contributed by atoms with E-state index in [9.17, 15) is 9.59 Å².